The Morgan fingerprint density at radius 1 is 0.583 bits per heavy atom. The van der Waals surface area contributed by atoms with Crippen LogP contribution in [0.15, 0.2) is 0 Å². The van der Waals surface area contributed by atoms with Gasteiger partial charge in [0.25, 0.3) is 0 Å². The van der Waals surface area contributed by atoms with Crippen molar-refractivity contribution in [3.05, 3.63) is 0 Å². The molecule has 286 valence electrons. The van der Waals surface area contributed by atoms with Gasteiger partial charge in [-0.25, -0.2) is 9.36 Å². The van der Waals surface area contributed by atoms with Crippen molar-refractivity contribution in [2.24, 2.45) is 11.5 Å². The number of hydrogen-bond acceptors (Lipinski definition) is 7. The summed E-state index contributed by atoms with van der Waals surface area (Å²) < 4.78 is 29.9. The molecule has 0 aromatic heterocycles. The molecule has 1 atom stereocenters. The van der Waals surface area contributed by atoms with Gasteiger partial charge in [0.15, 0.2) is 5.96 Å². The van der Waals surface area contributed by atoms with Crippen LogP contribution in [-0.2, 0) is 22.9 Å². The highest BCUT2D eigenvalue weighted by molar-refractivity contribution is 7.49. The fourth-order valence-corrected chi connectivity index (χ4v) is 7.12. The topological polar surface area (TPSA) is 150 Å². The normalized spacial score (nSPS) is 12.3. The van der Waals surface area contributed by atoms with E-state index in [-0.39, 0.29) is 19.2 Å². The van der Waals surface area contributed by atoms with Gasteiger partial charge in [-0.1, -0.05) is 181 Å². The van der Waals surface area contributed by atoms with E-state index in [2.05, 4.69) is 19.2 Å². The fraction of sp³-hybridized carbons (Fsp3) is 0.947. The molecule has 10 heteroatoms. The Hall–Kier alpha value is -1.15. The van der Waals surface area contributed by atoms with Crippen LogP contribution in [0.1, 0.15) is 206 Å². The van der Waals surface area contributed by atoms with E-state index in [0.29, 0.717) is 19.4 Å². The summed E-state index contributed by atoms with van der Waals surface area (Å²) in [6, 6.07) is -0.957. The Kier molecular flexibility index (Phi) is 34.8. The second-order valence-electron chi connectivity index (χ2n) is 13.8. The third-order valence-corrected chi connectivity index (χ3v) is 10.4. The standard InChI is InChI=1S/C38H79N4O5P/c1-3-5-7-9-11-13-15-17-19-21-23-25-27-29-34-45-48(44,47-37(43)36(39)32-31-33-42-38(40)41)46-35-30-28-26-24-22-20-18-16-14-12-10-8-6-4-2/h36H,3-35,39H2,1-2H3,(H4,40,41,42)/t36-/m0/s1. The van der Waals surface area contributed by atoms with E-state index in [1.54, 1.807) is 0 Å². The molecular formula is C38H79N4O5P. The molecule has 0 saturated heterocycles. The largest absolute Gasteiger partial charge is 0.532 e. The SMILES string of the molecule is CCCCCCCCCCCCCCCCOP(=O)(OCCCCCCCCCCCCCCCC)OC(=O)[C@@H](N)CCCNC(=N)N. The number of guanidine groups is 1. The lowest BCUT2D eigenvalue weighted by molar-refractivity contribution is -0.138. The minimum absolute atomic E-state index is 0.135. The van der Waals surface area contributed by atoms with Gasteiger partial charge in [-0.05, 0) is 25.7 Å². The van der Waals surface area contributed by atoms with Crippen LogP contribution in [0.2, 0.25) is 0 Å². The molecule has 0 aromatic carbocycles. The number of nitrogens with one attached hydrogen (secondary N) is 2. The third-order valence-electron chi connectivity index (χ3n) is 9.01. The molecule has 0 saturated carbocycles. The molecule has 48 heavy (non-hydrogen) atoms. The maximum Gasteiger partial charge on any atom is 0.532 e. The molecule has 0 amide bonds. The first-order valence-electron chi connectivity index (χ1n) is 20.3. The Balaban J connectivity index is 4.25. The lowest BCUT2D eigenvalue weighted by atomic mass is 10.0. The minimum Gasteiger partial charge on any atom is -0.370 e. The van der Waals surface area contributed by atoms with Crippen LogP contribution >= 0.6 is 7.82 Å². The van der Waals surface area contributed by atoms with Crippen molar-refractivity contribution >= 4 is 19.8 Å². The second-order valence-corrected chi connectivity index (χ2v) is 15.4. The quantitative estimate of drug-likeness (QED) is 0.0215. The Morgan fingerprint density at radius 2 is 0.896 bits per heavy atom. The summed E-state index contributed by atoms with van der Waals surface area (Å²) in [6.45, 7) is 5.38. The van der Waals surface area contributed by atoms with Gasteiger partial charge >= 0.3 is 13.8 Å². The zero-order chi connectivity index (χ0) is 35.4. The zero-order valence-electron chi connectivity index (χ0n) is 31.6. The van der Waals surface area contributed by atoms with Crippen molar-refractivity contribution in [2.45, 2.75) is 213 Å². The summed E-state index contributed by atoms with van der Waals surface area (Å²) in [6.07, 6.45) is 35.8. The molecule has 0 aliphatic carbocycles. The minimum atomic E-state index is -4.06. The summed E-state index contributed by atoms with van der Waals surface area (Å²) in [5, 5.41) is 9.90. The van der Waals surface area contributed by atoms with Gasteiger partial charge in [0.2, 0.25) is 0 Å². The predicted molar refractivity (Wildman–Crippen MR) is 203 cm³/mol. The van der Waals surface area contributed by atoms with Gasteiger partial charge in [-0.3, -0.25) is 14.5 Å². The van der Waals surface area contributed by atoms with Crippen LogP contribution in [0.25, 0.3) is 0 Å². The molecule has 0 aromatic rings. The van der Waals surface area contributed by atoms with E-state index in [9.17, 15) is 9.36 Å². The van der Waals surface area contributed by atoms with Crippen molar-refractivity contribution in [3.63, 3.8) is 0 Å². The lowest BCUT2D eigenvalue weighted by Gasteiger charge is -2.19. The molecule has 0 heterocycles. The van der Waals surface area contributed by atoms with E-state index in [1.807, 2.05) is 0 Å². The molecule has 0 aliphatic rings. The summed E-state index contributed by atoms with van der Waals surface area (Å²) in [5.41, 5.74) is 11.3. The summed E-state index contributed by atoms with van der Waals surface area (Å²) >= 11 is 0. The number of nitrogens with two attached hydrogens (primary N) is 2. The Labute approximate surface area is 296 Å². The molecule has 0 bridgehead atoms. The summed E-state index contributed by atoms with van der Waals surface area (Å²) in [7, 11) is -4.06. The maximum atomic E-state index is 13.4. The highest BCUT2D eigenvalue weighted by atomic mass is 31.2. The number of phosphoric acid groups is 1. The molecule has 9 nitrogen and oxygen atoms in total. The Morgan fingerprint density at radius 3 is 1.21 bits per heavy atom. The highest BCUT2D eigenvalue weighted by Crippen LogP contribution is 2.50. The van der Waals surface area contributed by atoms with Crippen LogP contribution in [0, 0.1) is 5.41 Å². The lowest BCUT2D eigenvalue weighted by Crippen LogP contribution is -2.35. The monoisotopic (exact) mass is 703 g/mol. The first-order chi connectivity index (χ1) is 23.3. The maximum absolute atomic E-state index is 13.4. The van der Waals surface area contributed by atoms with Crippen molar-refractivity contribution in [2.75, 3.05) is 19.8 Å². The molecule has 0 aliphatic heterocycles. The number of carbonyl (C=O) groups is 1. The van der Waals surface area contributed by atoms with E-state index in [1.165, 1.54) is 141 Å². The number of rotatable bonds is 38. The van der Waals surface area contributed by atoms with E-state index in [0.717, 1.165) is 38.5 Å². The number of carbonyl (C=O) groups excluding carboxylic acids is 1. The first kappa shape index (κ1) is 46.9. The van der Waals surface area contributed by atoms with Crippen molar-refractivity contribution < 1.29 is 22.9 Å². The van der Waals surface area contributed by atoms with E-state index >= 15 is 0 Å². The molecule has 0 unspecified atom stereocenters. The van der Waals surface area contributed by atoms with Gasteiger partial charge in [-0.15, -0.1) is 0 Å². The molecule has 0 rings (SSSR count). The van der Waals surface area contributed by atoms with Crippen molar-refractivity contribution in [1.29, 1.82) is 5.41 Å². The molecule has 6 N–H and O–H groups in total. The molecule has 0 spiro atoms. The molecule has 0 radical (unpaired) electrons. The third kappa shape index (κ3) is 33.4. The molecular weight excluding hydrogens is 623 g/mol. The fourth-order valence-electron chi connectivity index (χ4n) is 5.88. The van der Waals surface area contributed by atoms with Crippen LogP contribution in [0.5, 0.6) is 0 Å². The van der Waals surface area contributed by atoms with Crippen LogP contribution in [-0.4, -0.2) is 37.7 Å². The smallest absolute Gasteiger partial charge is 0.370 e. The highest BCUT2D eigenvalue weighted by Gasteiger charge is 2.33. The second kappa shape index (κ2) is 35.7. The van der Waals surface area contributed by atoms with Crippen molar-refractivity contribution in [1.82, 2.24) is 5.32 Å². The van der Waals surface area contributed by atoms with Gasteiger partial charge < -0.3 is 21.3 Å². The van der Waals surface area contributed by atoms with Gasteiger partial charge in [-0.2, -0.15) is 0 Å². The zero-order valence-corrected chi connectivity index (χ0v) is 32.4. The molecule has 0 fully saturated rings. The predicted octanol–water partition coefficient (Wildman–Crippen LogP) is 11.2. The average molecular weight is 703 g/mol. The van der Waals surface area contributed by atoms with Gasteiger partial charge in [0, 0.05) is 6.54 Å². The van der Waals surface area contributed by atoms with Crippen LogP contribution < -0.4 is 16.8 Å². The van der Waals surface area contributed by atoms with Crippen LogP contribution in [0.4, 0.5) is 0 Å². The number of phosphoric ester groups is 1. The first-order valence-corrected chi connectivity index (χ1v) is 21.8. The van der Waals surface area contributed by atoms with Gasteiger partial charge in [0.1, 0.15) is 6.04 Å². The van der Waals surface area contributed by atoms with E-state index < -0.39 is 19.8 Å². The van der Waals surface area contributed by atoms with E-state index in [4.69, 9.17) is 30.4 Å². The van der Waals surface area contributed by atoms with Gasteiger partial charge in [0.05, 0.1) is 13.2 Å². The summed E-state index contributed by atoms with van der Waals surface area (Å²) in [5.74, 6) is -0.924. The Bertz CT molecular complexity index is 735. The van der Waals surface area contributed by atoms with Crippen LogP contribution in [0.3, 0.4) is 0 Å². The number of unbranched alkanes of at least 4 members (excludes halogenated alkanes) is 26. The number of hydrogen-bond donors (Lipinski definition) is 4. The average Bonchev–Trinajstić information content (AvgIpc) is 3.06. The summed E-state index contributed by atoms with van der Waals surface area (Å²) in [4.78, 5) is 12.6. The van der Waals surface area contributed by atoms with Crippen molar-refractivity contribution in [3.8, 4) is 0 Å².